The standard InChI is InChI=1S/C17H19BrN4O3/c1-21(11-16(23)22-6-8-25-9-7-22)17(24)15-10-14(19-20-15)12-2-4-13(18)5-3-12/h2-5,10H,6-9,11H2,1H3,(H,19,20). The number of benzene rings is 1. The molecule has 2 amide bonds. The van der Waals surface area contributed by atoms with Crippen LogP contribution >= 0.6 is 15.9 Å². The van der Waals surface area contributed by atoms with Crippen LogP contribution in [0.5, 0.6) is 0 Å². The third-order valence-corrected chi connectivity index (χ3v) is 4.56. The van der Waals surface area contributed by atoms with E-state index in [1.807, 2.05) is 24.3 Å². The summed E-state index contributed by atoms with van der Waals surface area (Å²) in [6.45, 7) is 2.25. The Balaban J connectivity index is 1.64. The van der Waals surface area contributed by atoms with Crippen LogP contribution < -0.4 is 0 Å². The van der Waals surface area contributed by atoms with Gasteiger partial charge in [-0.15, -0.1) is 0 Å². The summed E-state index contributed by atoms with van der Waals surface area (Å²) in [4.78, 5) is 27.9. The number of hydrogen-bond acceptors (Lipinski definition) is 4. The number of carbonyl (C=O) groups is 2. The van der Waals surface area contributed by atoms with Gasteiger partial charge in [0.15, 0.2) is 0 Å². The molecule has 1 aromatic carbocycles. The van der Waals surface area contributed by atoms with Crippen molar-refractivity contribution in [3.8, 4) is 11.3 Å². The van der Waals surface area contributed by atoms with Crippen LogP contribution in [0.25, 0.3) is 11.3 Å². The number of amides is 2. The highest BCUT2D eigenvalue weighted by Gasteiger charge is 2.22. The summed E-state index contributed by atoms with van der Waals surface area (Å²) in [7, 11) is 1.61. The van der Waals surface area contributed by atoms with Crippen LogP contribution in [0.2, 0.25) is 0 Å². The van der Waals surface area contributed by atoms with E-state index in [4.69, 9.17) is 4.74 Å². The maximum Gasteiger partial charge on any atom is 0.272 e. The SMILES string of the molecule is CN(CC(=O)N1CCOCC1)C(=O)c1cc(-c2ccc(Br)cc2)n[nH]1. The van der Waals surface area contributed by atoms with Gasteiger partial charge in [0.2, 0.25) is 5.91 Å². The maximum atomic E-state index is 12.5. The van der Waals surface area contributed by atoms with Crippen molar-refractivity contribution in [2.45, 2.75) is 0 Å². The molecule has 132 valence electrons. The molecule has 0 aliphatic carbocycles. The lowest BCUT2D eigenvalue weighted by Crippen LogP contribution is -2.46. The first-order valence-corrected chi connectivity index (χ1v) is 8.76. The molecule has 2 aromatic rings. The first-order valence-electron chi connectivity index (χ1n) is 7.97. The predicted octanol–water partition coefficient (Wildman–Crippen LogP) is 1.77. The normalized spacial score (nSPS) is 14.4. The molecule has 1 aliphatic heterocycles. The molecule has 3 rings (SSSR count). The number of likely N-dealkylation sites (N-methyl/N-ethyl adjacent to an activating group) is 1. The van der Waals surface area contributed by atoms with Gasteiger partial charge in [0.1, 0.15) is 5.69 Å². The number of aromatic nitrogens is 2. The number of morpholine rings is 1. The molecule has 0 bridgehead atoms. The van der Waals surface area contributed by atoms with Gasteiger partial charge >= 0.3 is 0 Å². The van der Waals surface area contributed by atoms with Crippen molar-refractivity contribution in [2.24, 2.45) is 0 Å². The van der Waals surface area contributed by atoms with Crippen molar-refractivity contribution in [2.75, 3.05) is 39.9 Å². The Bertz CT molecular complexity index is 754. The highest BCUT2D eigenvalue weighted by molar-refractivity contribution is 9.10. The van der Waals surface area contributed by atoms with Gasteiger partial charge < -0.3 is 14.5 Å². The number of nitrogens with one attached hydrogen (secondary N) is 1. The minimum atomic E-state index is -0.266. The number of carbonyl (C=O) groups excluding carboxylic acids is 2. The van der Waals surface area contributed by atoms with Crippen LogP contribution in [0.15, 0.2) is 34.8 Å². The summed E-state index contributed by atoms with van der Waals surface area (Å²) < 4.78 is 6.21. The highest BCUT2D eigenvalue weighted by atomic mass is 79.9. The molecule has 0 unspecified atom stereocenters. The zero-order valence-electron chi connectivity index (χ0n) is 13.9. The van der Waals surface area contributed by atoms with Crippen molar-refractivity contribution in [1.29, 1.82) is 0 Å². The Morgan fingerprint density at radius 2 is 1.96 bits per heavy atom. The third kappa shape index (κ3) is 4.26. The van der Waals surface area contributed by atoms with E-state index in [9.17, 15) is 9.59 Å². The number of nitrogens with zero attached hydrogens (tertiary/aromatic N) is 3. The lowest BCUT2D eigenvalue weighted by molar-refractivity contribution is -0.135. The van der Waals surface area contributed by atoms with Gasteiger partial charge in [0.25, 0.3) is 5.91 Å². The molecule has 1 aromatic heterocycles. The van der Waals surface area contributed by atoms with Gasteiger partial charge in [-0.2, -0.15) is 5.10 Å². The third-order valence-electron chi connectivity index (χ3n) is 4.03. The minimum absolute atomic E-state index is 0.0332. The Labute approximate surface area is 154 Å². The van der Waals surface area contributed by atoms with Crippen molar-refractivity contribution >= 4 is 27.7 Å². The molecule has 7 nitrogen and oxygen atoms in total. The fourth-order valence-corrected chi connectivity index (χ4v) is 2.86. The lowest BCUT2D eigenvalue weighted by Gasteiger charge is -2.28. The number of aromatic amines is 1. The van der Waals surface area contributed by atoms with Crippen LogP contribution in [0.4, 0.5) is 0 Å². The number of halogens is 1. The molecule has 0 atom stereocenters. The second kappa shape index (κ2) is 7.79. The van der Waals surface area contributed by atoms with Crippen LogP contribution in [-0.4, -0.2) is 71.7 Å². The van der Waals surface area contributed by atoms with E-state index in [1.165, 1.54) is 4.90 Å². The first-order chi connectivity index (χ1) is 12.0. The van der Waals surface area contributed by atoms with Crippen LogP contribution in [0, 0.1) is 0 Å². The van der Waals surface area contributed by atoms with Gasteiger partial charge in [-0.25, -0.2) is 0 Å². The van der Waals surface area contributed by atoms with E-state index in [0.717, 1.165) is 10.0 Å². The summed E-state index contributed by atoms with van der Waals surface area (Å²) in [5, 5.41) is 6.94. The summed E-state index contributed by atoms with van der Waals surface area (Å²) in [5.41, 5.74) is 1.95. The highest BCUT2D eigenvalue weighted by Crippen LogP contribution is 2.20. The molecule has 1 fully saturated rings. The molecule has 25 heavy (non-hydrogen) atoms. The van der Waals surface area contributed by atoms with Gasteiger partial charge in [-0.1, -0.05) is 28.1 Å². The van der Waals surface area contributed by atoms with Crippen molar-refractivity contribution in [3.63, 3.8) is 0 Å². The molecule has 0 radical (unpaired) electrons. The average Bonchev–Trinajstić information content (AvgIpc) is 3.12. The summed E-state index contributed by atoms with van der Waals surface area (Å²) in [5.74, 6) is -0.343. The van der Waals surface area contributed by atoms with Crippen LogP contribution in [0.1, 0.15) is 10.5 Å². The summed E-state index contributed by atoms with van der Waals surface area (Å²) in [6, 6.07) is 9.36. The Kier molecular flexibility index (Phi) is 5.50. The fraction of sp³-hybridized carbons (Fsp3) is 0.353. The molecule has 1 aliphatic rings. The number of ether oxygens (including phenoxy) is 1. The Morgan fingerprint density at radius 1 is 1.28 bits per heavy atom. The molecule has 0 spiro atoms. The van der Waals surface area contributed by atoms with Gasteiger partial charge in [-0.3, -0.25) is 14.7 Å². The second-order valence-corrected chi connectivity index (χ2v) is 6.74. The van der Waals surface area contributed by atoms with E-state index in [1.54, 1.807) is 18.0 Å². The molecule has 1 N–H and O–H groups in total. The van der Waals surface area contributed by atoms with Crippen molar-refractivity contribution < 1.29 is 14.3 Å². The van der Waals surface area contributed by atoms with Crippen molar-refractivity contribution in [1.82, 2.24) is 20.0 Å². The largest absolute Gasteiger partial charge is 0.378 e. The number of rotatable bonds is 4. The quantitative estimate of drug-likeness (QED) is 0.838. The topological polar surface area (TPSA) is 78.5 Å². The molecule has 8 heteroatoms. The monoisotopic (exact) mass is 406 g/mol. The molecular formula is C17H19BrN4O3. The van der Waals surface area contributed by atoms with Crippen LogP contribution in [0.3, 0.4) is 0 Å². The van der Waals surface area contributed by atoms with Gasteiger partial charge in [0, 0.05) is 30.2 Å². The van der Waals surface area contributed by atoms with Crippen LogP contribution in [-0.2, 0) is 9.53 Å². The van der Waals surface area contributed by atoms with E-state index < -0.39 is 0 Å². The van der Waals surface area contributed by atoms with E-state index >= 15 is 0 Å². The molecule has 0 saturated carbocycles. The Hall–Kier alpha value is -2.19. The minimum Gasteiger partial charge on any atom is -0.378 e. The molecular weight excluding hydrogens is 388 g/mol. The van der Waals surface area contributed by atoms with E-state index in [0.29, 0.717) is 37.7 Å². The lowest BCUT2D eigenvalue weighted by atomic mass is 10.1. The molecule has 2 heterocycles. The predicted molar refractivity (Wildman–Crippen MR) is 96.1 cm³/mol. The number of hydrogen-bond donors (Lipinski definition) is 1. The van der Waals surface area contributed by atoms with Gasteiger partial charge in [-0.05, 0) is 18.2 Å². The zero-order valence-corrected chi connectivity index (χ0v) is 15.5. The maximum absolute atomic E-state index is 12.5. The van der Waals surface area contributed by atoms with Gasteiger partial charge in [0.05, 0.1) is 25.5 Å². The number of H-pyrrole nitrogens is 1. The van der Waals surface area contributed by atoms with E-state index in [-0.39, 0.29) is 18.4 Å². The fourth-order valence-electron chi connectivity index (χ4n) is 2.59. The first kappa shape index (κ1) is 17.6. The molecule has 1 saturated heterocycles. The second-order valence-electron chi connectivity index (χ2n) is 5.83. The summed E-state index contributed by atoms with van der Waals surface area (Å²) >= 11 is 3.39. The zero-order chi connectivity index (χ0) is 17.8. The smallest absolute Gasteiger partial charge is 0.272 e. The average molecular weight is 407 g/mol. The van der Waals surface area contributed by atoms with E-state index in [2.05, 4.69) is 26.1 Å². The Morgan fingerprint density at radius 3 is 2.64 bits per heavy atom. The van der Waals surface area contributed by atoms with Crippen molar-refractivity contribution in [3.05, 3.63) is 40.5 Å². The summed E-state index contributed by atoms with van der Waals surface area (Å²) in [6.07, 6.45) is 0.